The number of thiazole rings is 1. The number of hydrogen-bond acceptors (Lipinski definition) is 8. The van der Waals surface area contributed by atoms with Crippen LogP contribution in [0, 0.1) is 5.82 Å². The quantitative estimate of drug-likeness (QED) is 0.585. The lowest BCUT2D eigenvalue weighted by Gasteiger charge is -2.34. The van der Waals surface area contributed by atoms with Crippen molar-refractivity contribution < 1.29 is 9.13 Å². The van der Waals surface area contributed by atoms with Gasteiger partial charge in [0.15, 0.2) is 0 Å². The highest BCUT2D eigenvalue weighted by molar-refractivity contribution is 7.13. The number of nitrogens with zero attached hydrogens (tertiary/aromatic N) is 4. The summed E-state index contributed by atoms with van der Waals surface area (Å²) in [7, 11) is 0. The van der Waals surface area contributed by atoms with E-state index >= 15 is 0 Å². The van der Waals surface area contributed by atoms with Gasteiger partial charge in [0.05, 0.1) is 12.3 Å². The van der Waals surface area contributed by atoms with E-state index < -0.39 is 0 Å². The molecule has 0 radical (unpaired) electrons. The molecule has 0 saturated carbocycles. The highest BCUT2D eigenvalue weighted by Crippen LogP contribution is 2.29. The second-order valence-electron chi connectivity index (χ2n) is 7.45. The molecule has 2 aliphatic heterocycles. The summed E-state index contributed by atoms with van der Waals surface area (Å²) in [4.78, 5) is 15.1. The van der Waals surface area contributed by atoms with E-state index in [1.165, 1.54) is 43.0 Å². The molecule has 2 saturated heterocycles. The first-order valence-electron chi connectivity index (χ1n) is 10.7. The third-order valence-corrected chi connectivity index (χ3v) is 5.96. The molecule has 0 spiro atoms. The monoisotopic (exact) mass is 454 g/mol. The maximum atomic E-state index is 13.5. The average Bonchev–Trinajstić information content (AvgIpc) is 3.35. The summed E-state index contributed by atoms with van der Waals surface area (Å²) < 4.78 is 19.4. The molecule has 2 fully saturated rings. The Kier molecular flexibility index (Phi) is 7.89. The van der Waals surface area contributed by atoms with E-state index in [4.69, 9.17) is 9.72 Å². The molecule has 2 N–H and O–H groups in total. The van der Waals surface area contributed by atoms with Gasteiger partial charge in [0.1, 0.15) is 23.4 Å². The Bertz CT molecular complexity index is 1010. The van der Waals surface area contributed by atoms with Crippen molar-refractivity contribution in [3.8, 4) is 11.4 Å². The second kappa shape index (κ2) is 11.2. The Labute approximate surface area is 191 Å². The number of ether oxygens (including phenoxy) is 1. The zero-order valence-corrected chi connectivity index (χ0v) is 18.7. The van der Waals surface area contributed by atoms with Crippen LogP contribution in [0.25, 0.3) is 11.4 Å². The molecule has 4 heterocycles. The van der Waals surface area contributed by atoms with Gasteiger partial charge in [-0.2, -0.15) is 0 Å². The summed E-state index contributed by atoms with van der Waals surface area (Å²) in [5, 5.41) is 8.90. The molecule has 2 aliphatic rings. The van der Waals surface area contributed by atoms with Gasteiger partial charge in [0.25, 0.3) is 0 Å². The first-order chi connectivity index (χ1) is 15.7. The lowest BCUT2D eigenvalue weighted by Crippen LogP contribution is -2.38. The van der Waals surface area contributed by atoms with Crippen molar-refractivity contribution in [3.05, 3.63) is 59.2 Å². The fraction of sp³-hybridized carbons (Fsp3) is 0.348. The number of hydrogen-bond donors (Lipinski definition) is 2. The minimum Gasteiger partial charge on any atom is -0.370 e. The van der Waals surface area contributed by atoms with Crippen LogP contribution < -0.4 is 15.5 Å². The third kappa shape index (κ3) is 5.95. The lowest BCUT2D eigenvalue weighted by atomic mass is 10.1. The second-order valence-corrected chi connectivity index (χ2v) is 8.28. The van der Waals surface area contributed by atoms with Gasteiger partial charge < -0.3 is 20.3 Å². The largest absolute Gasteiger partial charge is 0.370 e. The third-order valence-electron chi connectivity index (χ3n) is 5.19. The van der Waals surface area contributed by atoms with Crippen LogP contribution in [0.3, 0.4) is 0 Å². The van der Waals surface area contributed by atoms with Crippen molar-refractivity contribution in [3.63, 3.8) is 0 Å². The number of pyridine rings is 1. The van der Waals surface area contributed by atoms with Gasteiger partial charge in [-0.05, 0) is 56.1 Å². The first kappa shape index (κ1) is 22.5. The average molecular weight is 455 g/mol. The molecule has 9 heteroatoms. The minimum atomic E-state index is -0.251. The van der Waals surface area contributed by atoms with Crippen LogP contribution in [-0.4, -0.2) is 56.1 Å². The Balaban J connectivity index is 0.000000354. The van der Waals surface area contributed by atoms with Crippen molar-refractivity contribution in [1.29, 1.82) is 0 Å². The number of anilines is 1. The first-order valence-corrected chi connectivity index (χ1v) is 11.5. The predicted octanol–water partition coefficient (Wildman–Crippen LogP) is 3.78. The van der Waals surface area contributed by atoms with Gasteiger partial charge in [0, 0.05) is 25.1 Å². The molecule has 2 aromatic heterocycles. The number of halogens is 1. The number of aliphatic imine (C=N–C) groups is 1. The summed E-state index contributed by atoms with van der Waals surface area (Å²) >= 11 is 1.44. The van der Waals surface area contributed by atoms with Gasteiger partial charge in [-0.25, -0.2) is 19.4 Å². The Morgan fingerprint density at radius 2 is 1.97 bits per heavy atom. The summed E-state index contributed by atoms with van der Waals surface area (Å²) in [5.41, 5.74) is 2.42. The minimum absolute atomic E-state index is 0.180. The van der Waals surface area contributed by atoms with Gasteiger partial charge in [-0.1, -0.05) is 18.2 Å². The normalized spacial score (nSPS) is 18.5. The molecule has 0 bridgehead atoms. The van der Waals surface area contributed by atoms with E-state index in [2.05, 4.69) is 32.2 Å². The van der Waals surface area contributed by atoms with Crippen molar-refractivity contribution in [2.45, 2.75) is 12.5 Å². The summed E-state index contributed by atoms with van der Waals surface area (Å²) in [6, 6.07) is 12.4. The zero-order valence-electron chi connectivity index (χ0n) is 17.8. The zero-order chi connectivity index (χ0) is 22.2. The van der Waals surface area contributed by atoms with E-state index in [9.17, 15) is 4.39 Å². The molecule has 0 aliphatic carbocycles. The summed E-state index contributed by atoms with van der Waals surface area (Å²) in [6.45, 7) is 8.80. The molecule has 0 amide bonds. The maximum Gasteiger partial charge on any atom is 0.209 e. The van der Waals surface area contributed by atoms with Crippen LogP contribution in [0.1, 0.15) is 18.1 Å². The Morgan fingerprint density at radius 3 is 2.66 bits per heavy atom. The molecule has 1 aromatic carbocycles. The van der Waals surface area contributed by atoms with Crippen LogP contribution in [0.4, 0.5) is 15.3 Å². The fourth-order valence-electron chi connectivity index (χ4n) is 3.57. The molecular formula is C23H27FN6OS. The Hall–Kier alpha value is -2.72. The lowest BCUT2D eigenvalue weighted by molar-refractivity contribution is 0.0393. The topological polar surface area (TPSA) is 74.7 Å². The summed E-state index contributed by atoms with van der Waals surface area (Å²) in [6.07, 6.45) is 1.10. The number of nitrogens with one attached hydrogen (secondary N) is 2. The van der Waals surface area contributed by atoms with Crippen LogP contribution in [0.5, 0.6) is 0 Å². The van der Waals surface area contributed by atoms with Crippen molar-refractivity contribution in [2.24, 2.45) is 4.99 Å². The molecule has 7 nitrogen and oxygen atoms in total. The molecular weight excluding hydrogens is 427 g/mol. The van der Waals surface area contributed by atoms with Crippen molar-refractivity contribution in [1.82, 2.24) is 20.6 Å². The number of rotatable bonds is 4. The maximum absolute atomic E-state index is 13.5. The van der Waals surface area contributed by atoms with Crippen LogP contribution >= 0.6 is 11.3 Å². The van der Waals surface area contributed by atoms with E-state index in [0.29, 0.717) is 18.3 Å². The number of aromatic nitrogens is 2. The van der Waals surface area contributed by atoms with E-state index in [-0.39, 0.29) is 11.9 Å². The van der Waals surface area contributed by atoms with Crippen LogP contribution in [0.15, 0.2) is 52.8 Å². The van der Waals surface area contributed by atoms with E-state index in [0.717, 1.165) is 36.0 Å². The van der Waals surface area contributed by atoms with E-state index in [1.54, 1.807) is 6.07 Å². The molecule has 168 valence electrons. The predicted molar refractivity (Wildman–Crippen MR) is 127 cm³/mol. The van der Waals surface area contributed by atoms with Gasteiger partial charge >= 0.3 is 0 Å². The van der Waals surface area contributed by atoms with Crippen molar-refractivity contribution in [2.75, 3.05) is 44.4 Å². The molecule has 32 heavy (non-hydrogen) atoms. The number of morpholine rings is 1. The van der Waals surface area contributed by atoms with Gasteiger partial charge in [-0.3, -0.25) is 0 Å². The van der Waals surface area contributed by atoms with Gasteiger partial charge in [-0.15, -0.1) is 11.3 Å². The molecule has 5 rings (SSSR count). The molecule has 1 unspecified atom stereocenters. The van der Waals surface area contributed by atoms with Crippen molar-refractivity contribution >= 4 is 29.0 Å². The summed E-state index contributed by atoms with van der Waals surface area (Å²) in [5.74, 6) is 0.604. The van der Waals surface area contributed by atoms with E-state index in [1.807, 2.05) is 29.6 Å². The smallest absolute Gasteiger partial charge is 0.209 e. The molecule has 1 atom stereocenters. The highest BCUT2D eigenvalue weighted by atomic mass is 32.1. The fourth-order valence-corrected chi connectivity index (χ4v) is 4.18. The van der Waals surface area contributed by atoms with Crippen LogP contribution in [-0.2, 0) is 4.74 Å². The SMILES string of the molecule is C1CNCNC1.C=Nc1nc(-c2cccc(N3CCOC(c4cccc(F)c4)C3)n2)cs1. The molecule has 3 aromatic rings. The Morgan fingerprint density at radius 1 is 1.12 bits per heavy atom. The van der Waals surface area contributed by atoms with Crippen LogP contribution in [0.2, 0.25) is 0 Å². The number of benzene rings is 1. The standard InChI is InChI=1S/C19H17FN4OS.C4H10N2/c1-21-19-23-16(12-26-19)15-6-3-7-18(22-15)24-8-9-25-17(11-24)13-4-2-5-14(20)10-13;1-2-5-4-6-3-1/h2-7,10,12,17H,1,8-9,11H2;5-6H,1-4H2. The highest BCUT2D eigenvalue weighted by Gasteiger charge is 2.23. The van der Waals surface area contributed by atoms with Gasteiger partial charge in [0.2, 0.25) is 5.13 Å².